The molecular weight excluding hydrogens is 280 g/mol. The number of piperazine rings is 1. The Balaban J connectivity index is 1.48. The Morgan fingerprint density at radius 3 is 2.82 bits per heavy atom. The molecule has 1 aliphatic heterocycles. The van der Waals surface area contributed by atoms with Crippen molar-refractivity contribution in [1.82, 2.24) is 20.0 Å². The van der Waals surface area contributed by atoms with Crippen LogP contribution in [-0.2, 0) is 11.3 Å². The minimum absolute atomic E-state index is 0.542. The maximum absolute atomic E-state index is 5.79. The van der Waals surface area contributed by atoms with Crippen molar-refractivity contribution >= 4 is 0 Å². The zero-order chi connectivity index (χ0) is 15.4. The highest BCUT2D eigenvalue weighted by atomic mass is 16.5. The van der Waals surface area contributed by atoms with Crippen LogP contribution in [0.5, 0.6) is 0 Å². The summed E-state index contributed by atoms with van der Waals surface area (Å²) in [5.41, 5.74) is 0. The van der Waals surface area contributed by atoms with Gasteiger partial charge >= 0.3 is 0 Å². The number of hydrogen-bond donors (Lipinski definition) is 0. The predicted molar refractivity (Wildman–Crippen MR) is 83.7 cm³/mol. The van der Waals surface area contributed by atoms with E-state index in [0.29, 0.717) is 12.0 Å². The highest BCUT2D eigenvalue weighted by Crippen LogP contribution is 2.39. The van der Waals surface area contributed by atoms with Gasteiger partial charge in [-0.05, 0) is 26.2 Å². The summed E-state index contributed by atoms with van der Waals surface area (Å²) in [5.74, 6) is 2.16. The molecule has 1 aromatic heterocycles. The average molecular weight is 308 g/mol. The summed E-state index contributed by atoms with van der Waals surface area (Å²) in [4.78, 5) is 4.99. The Labute approximate surface area is 132 Å². The third kappa shape index (κ3) is 4.06. The molecule has 1 aromatic rings. The molecule has 124 valence electrons. The van der Waals surface area contributed by atoms with Crippen LogP contribution in [0.25, 0.3) is 0 Å². The van der Waals surface area contributed by atoms with Crippen molar-refractivity contribution in [3.8, 4) is 0 Å². The molecule has 2 fully saturated rings. The van der Waals surface area contributed by atoms with Gasteiger partial charge in [-0.25, -0.2) is 0 Å². The smallest absolute Gasteiger partial charge is 0.230 e. The first-order valence-corrected chi connectivity index (χ1v) is 8.66. The quantitative estimate of drug-likeness (QED) is 0.684. The Morgan fingerprint density at radius 2 is 2.09 bits per heavy atom. The van der Waals surface area contributed by atoms with E-state index in [9.17, 15) is 0 Å². The summed E-state index contributed by atoms with van der Waals surface area (Å²) in [6.45, 7) is 11.0. The van der Waals surface area contributed by atoms with Crippen molar-refractivity contribution in [2.45, 2.75) is 51.6 Å². The Kier molecular flexibility index (Phi) is 5.44. The molecule has 1 unspecified atom stereocenters. The maximum atomic E-state index is 5.79. The first-order valence-electron chi connectivity index (χ1n) is 8.66. The number of ether oxygens (including phenoxy) is 1. The van der Waals surface area contributed by atoms with Gasteiger partial charge in [0.15, 0.2) is 0 Å². The zero-order valence-corrected chi connectivity index (χ0v) is 13.8. The summed E-state index contributed by atoms with van der Waals surface area (Å²) in [6.07, 6.45) is 3.58. The largest absolute Gasteiger partial charge is 0.424 e. The number of nitrogens with zero attached hydrogens (tertiary/aromatic N) is 4. The lowest BCUT2D eigenvalue weighted by Gasteiger charge is -2.40. The number of rotatable bonds is 8. The monoisotopic (exact) mass is 308 g/mol. The molecule has 0 bridgehead atoms. The van der Waals surface area contributed by atoms with Crippen molar-refractivity contribution < 1.29 is 9.15 Å². The molecule has 2 aliphatic rings. The standard InChI is InChI=1S/C16H28N4O2/c1-3-14-11-19(7-8-20(14)9-10-21-4-2)12-15-17-18-16(22-15)13-5-6-13/h13-14H,3-12H2,1-2H3. The highest BCUT2D eigenvalue weighted by Gasteiger charge is 2.30. The van der Waals surface area contributed by atoms with Crippen molar-refractivity contribution in [1.29, 1.82) is 0 Å². The lowest BCUT2D eigenvalue weighted by molar-refractivity contribution is 0.0355. The van der Waals surface area contributed by atoms with E-state index < -0.39 is 0 Å². The van der Waals surface area contributed by atoms with Crippen LogP contribution < -0.4 is 0 Å². The van der Waals surface area contributed by atoms with Gasteiger partial charge in [0.05, 0.1) is 13.2 Å². The minimum atomic E-state index is 0.542. The van der Waals surface area contributed by atoms with Gasteiger partial charge in [-0.3, -0.25) is 9.80 Å². The van der Waals surface area contributed by atoms with Gasteiger partial charge in [0, 0.05) is 44.7 Å². The Hall–Kier alpha value is -0.980. The van der Waals surface area contributed by atoms with Crippen molar-refractivity contribution in [3.05, 3.63) is 11.8 Å². The van der Waals surface area contributed by atoms with E-state index in [1.807, 2.05) is 0 Å². The van der Waals surface area contributed by atoms with Crippen LogP contribution in [0.2, 0.25) is 0 Å². The molecular formula is C16H28N4O2. The molecule has 0 aromatic carbocycles. The van der Waals surface area contributed by atoms with E-state index in [0.717, 1.165) is 57.7 Å². The van der Waals surface area contributed by atoms with Crippen LogP contribution in [0, 0.1) is 0 Å². The lowest BCUT2D eigenvalue weighted by Crippen LogP contribution is -2.53. The molecule has 0 amide bonds. The molecule has 1 atom stereocenters. The molecule has 0 spiro atoms. The number of hydrogen-bond acceptors (Lipinski definition) is 6. The van der Waals surface area contributed by atoms with Gasteiger partial charge in [-0.2, -0.15) is 0 Å². The van der Waals surface area contributed by atoms with Gasteiger partial charge in [-0.15, -0.1) is 10.2 Å². The molecule has 0 radical (unpaired) electrons. The first-order chi connectivity index (χ1) is 10.8. The van der Waals surface area contributed by atoms with E-state index in [-0.39, 0.29) is 0 Å². The molecule has 6 nitrogen and oxygen atoms in total. The van der Waals surface area contributed by atoms with Crippen LogP contribution >= 0.6 is 0 Å². The second-order valence-corrected chi connectivity index (χ2v) is 6.34. The van der Waals surface area contributed by atoms with E-state index >= 15 is 0 Å². The van der Waals surface area contributed by atoms with Crippen LogP contribution in [0.15, 0.2) is 4.42 Å². The molecule has 22 heavy (non-hydrogen) atoms. The fourth-order valence-electron chi connectivity index (χ4n) is 3.13. The van der Waals surface area contributed by atoms with E-state index in [1.165, 1.54) is 19.3 Å². The Bertz CT molecular complexity index is 461. The van der Waals surface area contributed by atoms with E-state index in [4.69, 9.17) is 9.15 Å². The second-order valence-electron chi connectivity index (χ2n) is 6.34. The SMILES string of the molecule is CCOCCN1CCN(Cc2nnc(C3CC3)o2)CC1CC. The summed E-state index contributed by atoms with van der Waals surface area (Å²) in [7, 11) is 0. The summed E-state index contributed by atoms with van der Waals surface area (Å²) >= 11 is 0. The second kappa shape index (κ2) is 7.53. The summed E-state index contributed by atoms with van der Waals surface area (Å²) in [5, 5.41) is 8.39. The van der Waals surface area contributed by atoms with Gasteiger partial charge in [0.1, 0.15) is 0 Å². The zero-order valence-electron chi connectivity index (χ0n) is 13.8. The average Bonchev–Trinajstić information content (AvgIpc) is 3.29. The van der Waals surface area contributed by atoms with Gasteiger partial charge in [0.2, 0.25) is 11.8 Å². The molecule has 3 rings (SSSR count). The van der Waals surface area contributed by atoms with Crippen molar-refractivity contribution in [3.63, 3.8) is 0 Å². The molecule has 1 saturated carbocycles. The van der Waals surface area contributed by atoms with Crippen molar-refractivity contribution in [2.24, 2.45) is 0 Å². The molecule has 2 heterocycles. The lowest BCUT2D eigenvalue weighted by atomic mass is 10.1. The molecule has 1 aliphatic carbocycles. The maximum Gasteiger partial charge on any atom is 0.230 e. The molecule has 0 N–H and O–H groups in total. The third-order valence-corrected chi connectivity index (χ3v) is 4.65. The fourth-order valence-corrected chi connectivity index (χ4v) is 3.13. The van der Waals surface area contributed by atoms with Gasteiger partial charge in [-0.1, -0.05) is 6.92 Å². The third-order valence-electron chi connectivity index (χ3n) is 4.65. The first kappa shape index (κ1) is 15.9. The van der Waals surface area contributed by atoms with Crippen LogP contribution in [0.4, 0.5) is 0 Å². The molecule has 1 saturated heterocycles. The molecule has 6 heteroatoms. The van der Waals surface area contributed by atoms with Crippen LogP contribution in [0.3, 0.4) is 0 Å². The van der Waals surface area contributed by atoms with Crippen LogP contribution in [-0.4, -0.2) is 65.4 Å². The topological polar surface area (TPSA) is 54.6 Å². The minimum Gasteiger partial charge on any atom is -0.424 e. The number of aromatic nitrogens is 2. The van der Waals surface area contributed by atoms with E-state index in [1.54, 1.807) is 0 Å². The van der Waals surface area contributed by atoms with Gasteiger partial charge < -0.3 is 9.15 Å². The van der Waals surface area contributed by atoms with Crippen molar-refractivity contribution in [2.75, 3.05) is 39.4 Å². The van der Waals surface area contributed by atoms with Gasteiger partial charge in [0.25, 0.3) is 0 Å². The highest BCUT2D eigenvalue weighted by molar-refractivity contribution is 5.00. The van der Waals surface area contributed by atoms with Crippen LogP contribution in [0.1, 0.15) is 50.8 Å². The predicted octanol–water partition coefficient (Wildman–Crippen LogP) is 1.88. The van der Waals surface area contributed by atoms with E-state index in [2.05, 4.69) is 33.8 Å². The Morgan fingerprint density at radius 1 is 1.23 bits per heavy atom. The summed E-state index contributed by atoms with van der Waals surface area (Å²) in [6, 6.07) is 0.597. The normalized spacial score (nSPS) is 24.0. The summed E-state index contributed by atoms with van der Waals surface area (Å²) < 4.78 is 11.3. The fraction of sp³-hybridized carbons (Fsp3) is 0.875.